The van der Waals surface area contributed by atoms with E-state index in [4.69, 9.17) is 9.47 Å². The van der Waals surface area contributed by atoms with Gasteiger partial charge in [-0.05, 0) is 42.7 Å². The van der Waals surface area contributed by atoms with E-state index < -0.39 is 10.8 Å². The maximum Gasteiger partial charge on any atom is 0.310 e. The Hall–Kier alpha value is -3.09. The molecule has 7 heteroatoms. The molecule has 0 aromatic heterocycles. The number of amides is 1. The van der Waals surface area contributed by atoms with Crippen LogP contribution < -0.4 is 14.8 Å². The highest BCUT2D eigenvalue weighted by atomic mass is 16.6. The molecule has 0 spiro atoms. The van der Waals surface area contributed by atoms with Gasteiger partial charge in [-0.15, -0.1) is 0 Å². The molecule has 2 aromatic rings. The normalized spacial score (nSPS) is 14.2. The molecular formula is C22H26N2O5. The van der Waals surface area contributed by atoms with Crippen LogP contribution in [0.15, 0.2) is 48.5 Å². The number of anilines is 1. The van der Waals surface area contributed by atoms with Gasteiger partial charge in [0.25, 0.3) is 5.91 Å². The van der Waals surface area contributed by atoms with Crippen molar-refractivity contribution in [2.75, 3.05) is 18.5 Å². The highest BCUT2D eigenvalue weighted by molar-refractivity contribution is 5.91. The standard InChI is InChI=1S/C22H26N2O5/c25-22(16-29-21-9-5-4-8-20(21)24(26)27)23-18-10-12-19(13-11-18)28-15-14-17-6-2-1-3-7-17/h4-5,8-13,17H,1-3,6-7,14-16H2,(H,23,25). The van der Waals surface area contributed by atoms with E-state index in [0.717, 1.165) is 18.1 Å². The molecule has 1 aliphatic carbocycles. The van der Waals surface area contributed by atoms with Crippen LogP contribution in [0.4, 0.5) is 11.4 Å². The number of carbonyl (C=O) groups excluding carboxylic acids is 1. The Balaban J connectivity index is 1.42. The Kier molecular flexibility index (Phi) is 7.44. The van der Waals surface area contributed by atoms with Crippen molar-refractivity contribution in [1.29, 1.82) is 0 Å². The molecule has 1 amide bonds. The molecular weight excluding hydrogens is 372 g/mol. The summed E-state index contributed by atoms with van der Waals surface area (Å²) in [5.74, 6) is 1.22. The lowest BCUT2D eigenvalue weighted by molar-refractivity contribution is -0.385. The second-order valence-corrected chi connectivity index (χ2v) is 7.23. The SMILES string of the molecule is O=C(COc1ccccc1[N+](=O)[O-])Nc1ccc(OCCC2CCCCC2)cc1. The van der Waals surface area contributed by atoms with Crippen LogP contribution in [0, 0.1) is 16.0 Å². The predicted octanol–water partition coefficient (Wildman–Crippen LogP) is 4.96. The number of nitrogens with one attached hydrogen (secondary N) is 1. The molecule has 29 heavy (non-hydrogen) atoms. The molecule has 1 aliphatic rings. The minimum atomic E-state index is -0.541. The van der Waals surface area contributed by atoms with Gasteiger partial charge < -0.3 is 14.8 Å². The summed E-state index contributed by atoms with van der Waals surface area (Å²) < 4.78 is 11.1. The number of carbonyl (C=O) groups is 1. The minimum Gasteiger partial charge on any atom is -0.494 e. The lowest BCUT2D eigenvalue weighted by Gasteiger charge is -2.21. The Morgan fingerprint density at radius 3 is 2.48 bits per heavy atom. The van der Waals surface area contributed by atoms with E-state index in [-0.39, 0.29) is 18.0 Å². The van der Waals surface area contributed by atoms with Crippen LogP contribution in [0.5, 0.6) is 11.5 Å². The predicted molar refractivity (Wildman–Crippen MR) is 110 cm³/mol. The zero-order valence-electron chi connectivity index (χ0n) is 16.3. The third-order valence-electron chi connectivity index (χ3n) is 5.08. The van der Waals surface area contributed by atoms with Crippen molar-refractivity contribution in [3.63, 3.8) is 0 Å². The number of ether oxygens (including phenoxy) is 2. The topological polar surface area (TPSA) is 90.7 Å². The van der Waals surface area contributed by atoms with Crippen molar-refractivity contribution in [3.8, 4) is 11.5 Å². The van der Waals surface area contributed by atoms with E-state index >= 15 is 0 Å². The van der Waals surface area contributed by atoms with Gasteiger partial charge in [-0.2, -0.15) is 0 Å². The van der Waals surface area contributed by atoms with Gasteiger partial charge in [-0.1, -0.05) is 44.2 Å². The Labute approximate surface area is 170 Å². The fourth-order valence-corrected chi connectivity index (χ4v) is 3.52. The first kappa shape index (κ1) is 20.6. The van der Waals surface area contributed by atoms with Gasteiger partial charge in [0, 0.05) is 11.8 Å². The second-order valence-electron chi connectivity index (χ2n) is 7.23. The van der Waals surface area contributed by atoms with Gasteiger partial charge in [0.15, 0.2) is 12.4 Å². The number of hydrogen-bond donors (Lipinski definition) is 1. The monoisotopic (exact) mass is 398 g/mol. The van der Waals surface area contributed by atoms with Gasteiger partial charge >= 0.3 is 5.69 Å². The van der Waals surface area contributed by atoms with Crippen LogP contribution in [0.25, 0.3) is 0 Å². The summed E-state index contributed by atoms with van der Waals surface area (Å²) in [6, 6.07) is 13.1. The van der Waals surface area contributed by atoms with E-state index in [1.165, 1.54) is 44.2 Å². The molecule has 0 unspecified atom stereocenters. The van der Waals surface area contributed by atoms with Gasteiger partial charge in [0.2, 0.25) is 0 Å². The van der Waals surface area contributed by atoms with Crippen LogP contribution in [0.3, 0.4) is 0 Å². The van der Waals surface area contributed by atoms with E-state index in [2.05, 4.69) is 5.32 Å². The molecule has 0 radical (unpaired) electrons. The summed E-state index contributed by atoms with van der Waals surface area (Å²) in [7, 11) is 0. The number of nitro groups is 1. The zero-order valence-corrected chi connectivity index (χ0v) is 16.3. The molecule has 0 bridgehead atoms. The summed E-state index contributed by atoms with van der Waals surface area (Å²) >= 11 is 0. The molecule has 3 rings (SSSR count). The molecule has 7 nitrogen and oxygen atoms in total. The van der Waals surface area contributed by atoms with Crippen molar-refractivity contribution in [2.45, 2.75) is 38.5 Å². The van der Waals surface area contributed by atoms with Gasteiger partial charge in [-0.25, -0.2) is 0 Å². The van der Waals surface area contributed by atoms with Crippen LogP contribution >= 0.6 is 0 Å². The van der Waals surface area contributed by atoms with Gasteiger partial charge in [0.1, 0.15) is 5.75 Å². The summed E-state index contributed by atoms with van der Waals surface area (Å²) in [4.78, 5) is 22.5. The van der Waals surface area contributed by atoms with E-state index in [1.807, 2.05) is 12.1 Å². The number of nitro benzene ring substituents is 1. The Morgan fingerprint density at radius 2 is 1.76 bits per heavy atom. The van der Waals surface area contributed by atoms with Crippen LogP contribution in [-0.2, 0) is 4.79 Å². The summed E-state index contributed by atoms with van der Waals surface area (Å²) in [5, 5.41) is 13.7. The van der Waals surface area contributed by atoms with Crippen LogP contribution in [-0.4, -0.2) is 24.0 Å². The largest absolute Gasteiger partial charge is 0.494 e. The van der Waals surface area contributed by atoms with Crippen molar-refractivity contribution in [2.24, 2.45) is 5.92 Å². The fourth-order valence-electron chi connectivity index (χ4n) is 3.52. The first-order valence-corrected chi connectivity index (χ1v) is 10.0. The number of nitrogens with zero attached hydrogens (tertiary/aromatic N) is 1. The van der Waals surface area contributed by atoms with Crippen LogP contribution in [0.1, 0.15) is 38.5 Å². The summed E-state index contributed by atoms with van der Waals surface area (Å²) in [6.45, 7) is 0.393. The quantitative estimate of drug-likeness (QED) is 0.476. The molecule has 154 valence electrons. The van der Waals surface area contributed by atoms with Gasteiger partial charge in [-0.3, -0.25) is 14.9 Å². The van der Waals surface area contributed by atoms with Crippen molar-refractivity contribution >= 4 is 17.3 Å². The summed E-state index contributed by atoms with van der Waals surface area (Å²) in [6.07, 6.45) is 7.73. The fraction of sp³-hybridized carbons (Fsp3) is 0.409. The highest BCUT2D eigenvalue weighted by Gasteiger charge is 2.15. The highest BCUT2D eigenvalue weighted by Crippen LogP contribution is 2.27. The van der Waals surface area contributed by atoms with E-state index in [0.29, 0.717) is 12.3 Å². The van der Waals surface area contributed by atoms with Crippen molar-refractivity contribution in [1.82, 2.24) is 0 Å². The first-order valence-electron chi connectivity index (χ1n) is 10.0. The molecule has 2 aromatic carbocycles. The second kappa shape index (κ2) is 10.5. The average Bonchev–Trinajstić information content (AvgIpc) is 2.74. The first-order chi connectivity index (χ1) is 14.1. The average molecular weight is 398 g/mol. The molecule has 1 fully saturated rings. The maximum atomic E-state index is 12.1. The Bertz CT molecular complexity index is 816. The van der Waals surface area contributed by atoms with Gasteiger partial charge in [0.05, 0.1) is 11.5 Å². The summed E-state index contributed by atoms with van der Waals surface area (Å²) in [5.41, 5.74) is 0.441. The molecule has 0 atom stereocenters. The maximum absolute atomic E-state index is 12.1. The molecule has 0 saturated heterocycles. The van der Waals surface area contributed by atoms with Crippen LogP contribution in [0.2, 0.25) is 0 Å². The van der Waals surface area contributed by atoms with E-state index in [1.54, 1.807) is 24.3 Å². The van der Waals surface area contributed by atoms with E-state index in [9.17, 15) is 14.9 Å². The molecule has 0 aliphatic heterocycles. The molecule has 0 heterocycles. The minimum absolute atomic E-state index is 0.0642. The number of hydrogen-bond acceptors (Lipinski definition) is 5. The molecule has 1 N–H and O–H groups in total. The lowest BCUT2D eigenvalue weighted by Crippen LogP contribution is -2.20. The third-order valence-corrected chi connectivity index (χ3v) is 5.08. The third kappa shape index (κ3) is 6.48. The smallest absolute Gasteiger partial charge is 0.310 e. The zero-order chi connectivity index (χ0) is 20.5. The number of benzene rings is 2. The molecule has 1 saturated carbocycles. The number of rotatable bonds is 9. The van der Waals surface area contributed by atoms with Crippen molar-refractivity contribution in [3.05, 3.63) is 58.6 Å². The lowest BCUT2D eigenvalue weighted by atomic mass is 9.87. The number of para-hydroxylation sites is 2. The Morgan fingerprint density at radius 1 is 1.03 bits per heavy atom. The van der Waals surface area contributed by atoms with Crippen molar-refractivity contribution < 1.29 is 19.2 Å².